The molecule has 0 aromatic heterocycles. The molecular formula is C15H20O3. The van der Waals surface area contributed by atoms with Crippen LogP contribution in [0.3, 0.4) is 0 Å². The minimum absolute atomic E-state index is 0.337. The Kier molecular flexibility index (Phi) is 3.06. The van der Waals surface area contributed by atoms with Crippen LogP contribution in [0.5, 0.6) is 17.2 Å². The second kappa shape index (κ2) is 4.71. The molecule has 1 fully saturated rings. The summed E-state index contributed by atoms with van der Waals surface area (Å²) in [5.41, 5.74) is 1.31. The highest BCUT2D eigenvalue weighted by molar-refractivity contribution is 5.59. The van der Waals surface area contributed by atoms with Gasteiger partial charge in [0.1, 0.15) is 6.10 Å². The minimum Gasteiger partial charge on any atom is -0.493 e. The number of rotatable bonds is 2. The Bertz CT molecular complexity index is 442. The summed E-state index contributed by atoms with van der Waals surface area (Å²) in [7, 11) is 3.34. The Morgan fingerprint density at radius 2 is 1.89 bits per heavy atom. The summed E-state index contributed by atoms with van der Waals surface area (Å²) in [6, 6.07) is 4.14. The molecule has 1 aliphatic heterocycles. The fourth-order valence-electron chi connectivity index (χ4n) is 3.25. The van der Waals surface area contributed by atoms with Crippen molar-refractivity contribution in [3.05, 3.63) is 17.7 Å². The Labute approximate surface area is 108 Å². The molecule has 18 heavy (non-hydrogen) atoms. The highest BCUT2D eigenvalue weighted by Crippen LogP contribution is 2.51. The average molecular weight is 248 g/mol. The number of ether oxygens (including phenoxy) is 3. The van der Waals surface area contributed by atoms with Crippen LogP contribution >= 0.6 is 0 Å². The first kappa shape index (κ1) is 11.7. The van der Waals surface area contributed by atoms with Crippen LogP contribution in [0.2, 0.25) is 0 Å². The molecule has 98 valence electrons. The van der Waals surface area contributed by atoms with E-state index in [-0.39, 0.29) is 0 Å². The van der Waals surface area contributed by atoms with E-state index in [1.54, 1.807) is 14.2 Å². The number of hydrogen-bond donors (Lipinski definition) is 0. The molecular weight excluding hydrogens is 228 g/mol. The van der Waals surface area contributed by atoms with Crippen molar-refractivity contribution in [2.24, 2.45) is 0 Å². The Balaban J connectivity index is 2.02. The lowest BCUT2D eigenvalue weighted by Crippen LogP contribution is -2.16. The van der Waals surface area contributed by atoms with Gasteiger partial charge in [-0.05, 0) is 25.3 Å². The van der Waals surface area contributed by atoms with Crippen LogP contribution in [0.25, 0.3) is 0 Å². The van der Waals surface area contributed by atoms with Crippen molar-refractivity contribution < 1.29 is 14.2 Å². The molecule has 0 bridgehead atoms. The van der Waals surface area contributed by atoms with E-state index in [0.29, 0.717) is 12.0 Å². The Morgan fingerprint density at radius 3 is 2.67 bits per heavy atom. The predicted molar refractivity (Wildman–Crippen MR) is 69.8 cm³/mol. The summed E-state index contributed by atoms with van der Waals surface area (Å²) >= 11 is 0. The molecule has 3 nitrogen and oxygen atoms in total. The van der Waals surface area contributed by atoms with Crippen LogP contribution < -0.4 is 14.2 Å². The molecule has 1 aliphatic carbocycles. The highest BCUT2D eigenvalue weighted by Gasteiger charge is 2.37. The van der Waals surface area contributed by atoms with E-state index in [0.717, 1.165) is 23.7 Å². The molecule has 2 atom stereocenters. The zero-order chi connectivity index (χ0) is 12.5. The maximum absolute atomic E-state index is 6.15. The van der Waals surface area contributed by atoms with Crippen molar-refractivity contribution in [3.63, 3.8) is 0 Å². The van der Waals surface area contributed by atoms with Gasteiger partial charge in [0.2, 0.25) is 5.75 Å². The highest BCUT2D eigenvalue weighted by atomic mass is 16.5. The van der Waals surface area contributed by atoms with Gasteiger partial charge in [-0.25, -0.2) is 0 Å². The van der Waals surface area contributed by atoms with Gasteiger partial charge in [0.15, 0.2) is 11.5 Å². The number of benzene rings is 1. The summed E-state index contributed by atoms with van der Waals surface area (Å²) < 4.78 is 17.0. The molecule has 2 aliphatic rings. The van der Waals surface area contributed by atoms with E-state index >= 15 is 0 Å². The summed E-state index contributed by atoms with van der Waals surface area (Å²) in [6.07, 6.45) is 6.63. The minimum atomic E-state index is 0.337. The van der Waals surface area contributed by atoms with Gasteiger partial charge in [0, 0.05) is 11.5 Å². The molecule has 0 radical (unpaired) electrons. The summed E-state index contributed by atoms with van der Waals surface area (Å²) in [4.78, 5) is 0. The molecule has 2 unspecified atom stereocenters. The van der Waals surface area contributed by atoms with Crippen LogP contribution in [0.15, 0.2) is 12.1 Å². The number of hydrogen-bond acceptors (Lipinski definition) is 3. The van der Waals surface area contributed by atoms with Crippen LogP contribution in [0.4, 0.5) is 0 Å². The van der Waals surface area contributed by atoms with E-state index in [1.807, 2.05) is 6.07 Å². The van der Waals surface area contributed by atoms with E-state index in [9.17, 15) is 0 Å². The largest absolute Gasteiger partial charge is 0.493 e. The lowest BCUT2D eigenvalue weighted by molar-refractivity contribution is 0.189. The molecule has 0 N–H and O–H groups in total. The van der Waals surface area contributed by atoms with Crippen molar-refractivity contribution in [3.8, 4) is 17.2 Å². The third kappa shape index (κ3) is 1.73. The zero-order valence-electron chi connectivity index (χ0n) is 11.1. The van der Waals surface area contributed by atoms with E-state index in [2.05, 4.69) is 6.07 Å². The molecule has 0 spiro atoms. The SMILES string of the molecule is COc1ccc2c(c1OC)OC1CCCCCC21. The maximum atomic E-state index is 6.15. The molecule has 0 saturated heterocycles. The van der Waals surface area contributed by atoms with E-state index in [4.69, 9.17) is 14.2 Å². The lowest BCUT2D eigenvalue weighted by atomic mass is 9.91. The third-order valence-electron chi connectivity index (χ3n) is 4.15. The lowest BCUT2D eigenvalue weighted by Gasteiger charge is -2.14. The van der Waals surface area contributed by atoms with Gasteiger partial charge in [-0.1, -0.05) is 18.9 Å². The van der Waals surface area contributed by atoms with Crippen molar-refractivity contribution >= 4 is 0 Å². The summed E-state index contributed by atoms with van der Waals surface area (Å²) in [5.74, 6) is 2.96. The fourth-order valence-corrected chi connectivity index (χ4v) is 3.25. The van der Waals surface area contributed by atoms with E-state index in [1.165, 1.54) is 31.2 Å². The van der Waals surface area contributed by atoms with Gasteiger partial charge in [-0.2, -0.15) is 0 Å². The quantitative estimate of drug-likeness (QED) is 0.801. The van der Waals surface area contributed by atoms with Crippen LogP contribution in [-0.4, -0.2) is 20.3 Å². The average Bonchev–Trinajstić information content (AvgIpc) is 2.59. The monoisotopic (exact) mass is 248 g/mol. The van der Waals surface area contributed by atoms with Gasteiger partial charge in [0.05, 0.1) is 14.2 Å². The molecule has 1 heterocycles. The van der Waals surface area contributed by atoms with E-state index < -0.39 is 0 Å². The maximum Gasteiger partial charge on any atom is 0.203 e. The van der Waals surface area contributed by atoms with Crippen molar-refractivity contribution in [1.82, 2.24) is 0 Å². The molecule has 3 heteroatoms. The van der Waals surface area contributed by atoms with Gasteiger partial charge in [0.25, 0.3) is 0 Å². The van der Waals surface area contributed by atoms with Crippen LogP contribution in [0, 0.1) is 0 Å². The number of fused-ring (bicyclic) bond motifs is 3. The van der Waals surface area contributed by atoms with Crippen molar-refractivity contribution in [2.45, 2.75) is 44.1 Å². The molecule has 3 rings (SSSR count). The van der Waals surface area contributed by atoms with Crippen molar-refractivity contribution in [1.29, 1.82) is 0 Å². The second-order valence-electron chi connectivity index (χ2n) is 5.12. The summed E-state index contributed by atoms with van der Waals surface area (Å²) in [6.45, 7) is 0. The third-order valence-corrected chi connectivity index (χ3v) is 4.15. The second-order valence-corrected chi connectivity index (χ2v) is 5.12. The van der Waals surface area contributed by atoms with Crippen LogP contribution in [-0.2, 0) is 0 Å². The Morgan fingerprint density at radius 1 is 1.06 bits per heavy atom. The predicted octanol–water partition coefficient (Wildman–Crippen LogP) is 3.51. The van der Waals surface area contributed by atoms with Gasteiger partial charge in [-0.15, -0.1) is 0 Å². The first-order valence-corrected chi connectivity index (χ1v) is 6.76. The number of methoxy groups -OCH3 is 2. The normalized spacial score (nSPS) is 25.7. The fraction of sp³-hybridized carbons (Fsp3) is 0.600. The molecule has 1 aromatic carbocycles. The Hall–Kier alpha value is -1.38. The topological polar surface area (TPSA) is 27.7 Å². The zero-order valence-corrected chi connectivity index (χ0v) is 11.1. The standard InChI is InChI=1S/C15H20O3/c1-16-13-9-8-11-10-6-4-3-5-7-12(10)18-14(11)15(13)17-2/h8-10,12H,3-7H2,1-2H3. The molecule has 1 aromatic rings. The molecule has 1 saturated carbocycles. The smallest absolute Gasteiger partial charge is 0.203 e. The van der Waals surface area contributed by atoms with Gasteiger partial charge in [-0.3, -0.25) is 0 Å². The first-order chi connectivity index (χ1) is 8.85. The molecule has 0 amide bonds. The first-order valence-electron chi connectivity index (χ1n) is 6.76. The van der Waals surface area contributed by atoms with Gasteiger partial charge >= 0.3 is 0 Å². The van der Waals surface area contributed by atoms with Crippen molar-refractivity contribution in [2.75, 3.05) is 14.2 Å². The van der Waals surface area contributed by atoms with Gasteiger partial charge < -0.3 is 14.2 Å². The van der Waals surface area contributed by atoms with Crippen LogP contribution in [0.1, 0.15) is 43.6 Å². The summed E-state index contributed by atoms with van der Waals surface area (Å²) in [5, 5.41) is 0.